The summed E-state index contributed by atoms with van der Waals surface area (Å²) >= 11 is 1.56. The molecule has 0 aliphatic heterocycles. The van der Waals surface area contributed by atoms with Crippen molar-refractivity contribution in [2.75, 3.05) is 0 Å². The van der Waals surface area contributed by atoms with Gasteiger partial charge in [-0.1, -0.05) is 12.1 Å². The SMILES string of the molecule is CCC(C)(NC(=O)c1cc2c(s1)CCCC2)/C(N)=N/O. The summed E-state index contributed by atoms with van der Waals surface area (Å²) in [6.07, 6.45) is 5.08. The van der Waals surface area contributed by atoms with Crippen molar-refractivity contribution in [2.24, 2.45) is 10.9 Å². The first-order valence-corrected chi connectivity index (χ1v) is 7.74. The second-order valence-corrected chi connectivity index (χ2v) is 6.53. The molecule has 1 heterocycles. The number of carbonyl (C=O) groups excluding carboxylic acids is 1. The number of thiophene rings is 1. The number of nitrogens with two attached hydrogens (primary N) is 1. The number of hydrogen-bond donors (Lipinski definition) is 3. The molecule has 110 valence electrons. The molecule has 1 aromatic rings. The molecule has 1 aliphatic carbocycles. The molecule has 0 spiro atoms. The smallest absolute Gasteiger partial charge is 0.262 e. The van der Waals surface area contributed by atoms with Crippen molar-refractivity contribution in [1.82, 2.24) is 5.32 Å². The number of nitrogens with one attached hydrogen (secondary N) is 1. The Labute approximate surface area is 122 Å². The third-order valence-electron chi connectivity index (χ3n) is 3.99. The third kappa shape index (κ3) is 2.80. The second kappa shape index (κ2) is 5.83. The Hall–Kier alpha value is -1.56. The maximum absolute atomic E-state index is 12.4. The fraction of sp³-hybridized carbons (Fsp3) is 0.571. The Morgan fingerprint density at radius 1 is 1.55 bits per heavy atom. The van der Waals surface area contributed by atoms with Crippen LogP contribution in [0.1, 0.15) is 53.2 Å². The van der Waals surface area contributed by atoms with E-state index >= 15 is 0 Å². The molecule has 4 N–H and O–H groups in total. The first-order valence-electron chi connectivity index (χ1n) is 6.92. The van der Waals surface area contributed by atoms with E-state index in [2.05, 4.69) is 10.5 Å². The van der Waals surface area contributed by atoms with Crippen LogP contribution in [0.3, 0.4) is 0 Å². The largest absolute Gasteiger partial charge is 0.409 e. The van der Waals surface area contributed by atoms with Crippen LogP contribution in [-0.2, 0) is 12.8 Å². The summed E-state index contributed by atoms with van der Waals surface area (Å²) in [4.78, 5) is 14.4. The van der Waals surface area contributed by atoms with Crippen molar-refractivity contribution in [2.45, 2.75) is 51.5 Å². The minimum absolute atomic E-state index is 0.0228. The van der Waals surface area contributed by atoms with Gasteiger partial charge in [-0.15, -0.1) is 11.3 Å². The van der Waals surface area contributed by atoms with Crippen molar-refractivity contribution in [3.63, 3.8) is 0 Å². The van der Waals surface area contributed by atoms with E-state index in [9.17, 15) is 4.79 Å². The van der Waals surface area contributed by atoms with E-state index in [1.165, 1.54) is 23.3 Å². The molecule has 5 nitrogen and oxygen atoms in total. The summed E-state index contributed by atoms with van der Waals surface area (Å²) in [6.45, 7) is 3.64. The highest BCUT2D eigenvalue weighted by Gasteiger charge is 2.30. The average molecular weight is 295 g/mol. The number of amidine groups is 1. The van der Waals surface area contributed by atoms with Crippen LogP contribution in [0.4, 0.5) is 0 Å². The van der Waals surface area contributed by atoms with Gasteiger partial charge in [0, 0.05) is 4.88 Å². The number of aryl methyl sites for hydroxylation is 2. The van der Waals surface area contributed by atoms with Gasteiger partial charge in [0.1, 0.15) is 0 Å². The van der Waals surface area contributed by atoms with E-state index in [0.29, 0.717) is 11.3 Å². The molecule has 1 aromatic heterocycles. The second-order valence-electron chi connectivity index (χ2n) is 5.39. The van der Waals surface area contributed by atoms with Crippen LogP contribution in [0.2, 0.25) is 0 Å². The van der Waals surface area contributed by atoms with Crippen molar-refractivity contribution in [3.8, 4) is 0 Å². The Balaban J connectivity index is 2.17. The predicted octanol–water partition coefficient (Wildman–Crippen LogP) is 2.27. The van der Waals surface area contributed by atoms with E-state index in [-0.39, 0.29) is 11.7 Å². The molecule has 0 saturated heterocycles. The first kappa shape index (κ1) is 14.8. The van der Waals surface area contributed by atoms with Crippen LogP contribution in [-0.4, -0.2) is 22.5 Å². The standard InChI is InChI=1S/C14H21N3O2S/c1-3-14(2,13(15)17-19)16-12(18)11-8-9-6-4-5-7-10(9)20-11/h8,19H,3-7H2,1-2H3,(H2,15,17)(H,16,18). The van der Waals surface area contributed by atoms with Gasteiger partial charge in [-0.05, 0) is 50.7 Å². The molecular formula is C14H21N3O2S. The molecule has 1 unspecified atom stereocenters. The van der Waals surface area contributed by atoms with Gasteiger partial charge in [-0.2, -0.15) is 0 Å². The molecule has 0 bridgehead atoms. The highest BCUT2D eigenvalue weighted by atomic mass is 32.1. The topological polar surface area (TPSA) is 87.7 Å². The highest BCUT2D eigenvalue weighted by molar-refractivity contribution is 7.14. The van der Waals surface area contributed by atoms with E-state index in [1.54, 1.807) is 18.3 Å². The molecule has 1 aliphatic rings. The minimum Gasteiger partial charge on any atom is -0.409 e. The Bertz CT molecular complexity index is 515. The van der Waals surface area contributed by atoms with E-state index < -0.39 is 5.54 Å². The summed E-state index contributed by atoms with van der Waals surface area (Å²) < 4.78 is 0. The van der Waals surface area contributed by atoms with Gasteiger partial charge in [-0.25, -0.2) is 0 Å². The number of oxime groups is 1. The summed E-state index contributed by atoms with van der Waals surface area (Å²) in [5.74, 6) is -0.130. The molecule has 6 heteroatoms. The lowest BCUT2D eigenvalue weighted by molar-refractivity contribution is 0.0929. The van der Waals surface area contributed by atoms with E-state index in [4.69, 9.17) is 10.9 Å². The molecule has 1 atom stereocenters. The quantitative estimate of drug-likeness (QED) is 0.344. The van der Waals surface area contributed by atoms with Crippen molar-refractivity contribution >= 4 is 23.1 Å². The summed E-state index contributed by atoms with van der Waals surface area (Å²) in [5.41, 5.74) is 6.15. The average Bonchev–Trinajstić information content (AvgIpc) is 2.90. The Morgan fingerprint density at radius 3 is 2.85 bits per heavy atom. The molecule has 1 amide bonds. The van der Waals surface area contributed by atoms with Gasteiger partial charge in [0.2, 0.25) is 0 Å². The van der Waals surface area contributed by atoms with Crippen LogP contribution in [0.25, 0.3) is 0 Å². The van der Waals surface area contributed by atoms with Crippen molar-refractivity contribution in [1.29, 1.82) is 0 Å². The third-order valence-corrected chi connectivity index (χ3v) is 5.23. The first-order chi connectivity index (χ1) is 9.50. The maximum atomic E-state index is 12.4. The monoisotopic (exact) mass is 295 g/mol. The van der Waals surface area contributed by atoms with Crippen molar-refractivity contribution < 1.29 is 10.0 Å². The van der Waals surface area contributed by atoms with E-state index in [1.807, 2.05) is 13.0 Å². The minimum atomic E-state index is -0.823. The lowest BCUT2D eigenvalue weighted by Crippen LogP contribution is -2.54. The van der Waals surface area contributed by atoms with Gasteiger partial charge >= 0.3 is 0 Å². The molecule has 0 radical (unpaired) electrons. The summed E-state index contributed by atoms with van der Waals surface area (Å²) in [6, 6.07) is 1.98. The summed E-state index contributed by atoms with van der Waals surface area (Å²) in [7, 11) is 0. The number of amides is 1. The number of fused-ring (bicyclic) bond motifs is 1. The number of rotatable bonds is 4. The normalized spacial score (nSPS) is 18.2. The van der Waals surface area contributed by atoms with Gasteiger partial charge in [0.25, 0.3) is 5.91 Å². The maximum Gasteiger partial charge on any atom is 0.262 e. The zero-order chi connectivity index (χ0) is 14.8. The number of carbonyl (C=O) groups is 1. The van der Waals surface area contributed by atoms with Crippen molar-refractivity contribution in [3.05, 3.63) is 21.4 Å². The van der Waals surface area contributed by atoms with Crippen LogP contribution in [0.5, 0.6) is 0 Å². The van der Waals surface area contributed by atoms with Crippen LogP contribution < -0.4 is 11.1 Å². The molecule has 0 saturated carbocycles. The van der Waals surface area contributed by atoms with Gasteiger partial charge in [0.15, 0.2) is 5.84 Å². The molecular weight excluding hydrogens is 274 g/mol. The molecule has 0 aromatic carbocycles. The van der Waals surface area contributed by atoms with Crippen LogP contribution in [0.15, 0.2) is 11.2 Å². The zero-order valence-electron chi connectivity index (χ0n) is 11.9. The van der Waals surface area contributed by atoms with Gasteiger partial charge in [-0.3, -0.25) is 4.79 Å². The molecule has 2 rings (SSSR count). The molecule has 0 fully saturated rings. The molecule has 20 heavy (non-hydrogen) atoms. The Morgan fingerprint density at radius 2 is 2.25 bits per heavy atom. The van der Waals surface area contributed by atoms with Crippen LogP contribution >= 0.6 is 11.3 Å². The van der Waals surface area contributed by atoms with Crippen LogP contribution in [0, 0.1) is 0 Å². The highest BCUT2D eigenvalue weighted by Crippen LogP contribution is 2.30. The fourth-order valence-electron chi connectivity index (χ4n) is 2.36. The summed E-state index contributed by atoms with van der Waals surface area (Å²) in [5, 5.41) is 14.7. The number of hydrogen-bond acceptors (Lipinski definition) is 4. The lowest BCUT2D eigenvalue weighted by Gasteiger charge is -2.27. The predicted molar refractivity (Wildman–Crippen MR) is 80.5 cm³/mol. The lowest BCUT2D eigenvalue weighted by atomic mass is 9.97. The fourth-order valence-corrected chi connectivity index (χ4v) is 3.51. The van der Waals surface area contributed by atoms with Gasteiger partial charge in [0.05, 0.1) is 10.4 Å². The van der Waals surface area contributed by atoms with E-state index in [0.717, 1.165) is 12.8 Å². The number of nitrogens with zero attached hydrogens (tertiary/aromatic N) is 1. The Kier molecular flexibility index (Phi) is 4.32. The zero-order valence-corrected chi connectivity index (χ0v) is 12.7. The van der Waals surface area contributed by atoms with Gasteiger partial charge < -0.3 is 16.3 Å².